The molecular formula is C10H15NO9. The van der Waals surface area contributed by atoms with E-state index in [4.69, 9.17) is 10.2 Å². The SMILES string of the molecule is COC(=O)CN(CC(=O)OC)C(C(=O)O)C(O)C(=O)O. The molecule has 0 saturated heterocycles. The quantitative estimate of drug-likeness (QED) is 0.411. The van der Waals surface area contributed by atoms with E-state index < -0.39 is 49.1 Å². The number of hydrogen-bond acceptors (Lipinski definition) is 8. The zero-order chi connectivity index (χ0) is 15.9. The van der Waals surface area contributed by atoms with E-state index in [0.29, 0.717) is 4.90 Å². The molecule has 114 valence electrons. The first kappa shape index (κ1) is 17.8. The van der Waals surface area contributed by atoms with Crippen molar-refractivity contribution in [3.63, 3.8) is 0 Å². The molecule has 2 atom stereocenters. The molecule has 0 aromatic heterocycles. The van der Waals surface area contributed by atoms with Crippen molar-refractivity contribution in [1.29, 1.82) is 0 Å². The van der Waals surface area contributed by atoms with Crippen molar-refractivity contribution in [2.45, 2.75) is 12.1 Å². The maximum atomic E-state index is 11.2. The smallest absolute Gasteiger partial charge is 0.334 e. The molecule has 0 saturated carbocycles. The average molecular weight is 293 g/mol. The summed E-state index contributed by atoms with van der Waals surface area (Å²) in [5, 5.41) is 27.0. The molecule has 0 aliphatic carbocycles. The number of ether oxygens (including phenoxy) is 2. The van der Waals surface area contributed by atoms with E-state index in [1.165, 1.54) is 0 Å². The number of hydrogen-bond donors (Lipinski definition) is 3. The molecule has 10 heteroatoms. The van der Waals surface area contributed by atoms with Gasteiger partial charge in [-0.25, -0.2) is 4.79 Å². The summed E-state index contributed by atoms with van der Waals surface area (Å²) < 4.78 is 8.62. The molecule has 0 aliphatic heterocycles. The summed E-state index contributed by atoms with van der Waals surface area (Å²) in [5.74, 6) is -5.33. The van der Waals surface area contributed by atoms with Crippen LogP contribution in [0.4, 0.5) is 0 Å². The van der Waals surface area contributed by atoms with Gasteiger partial charge in [-0.3, -0.25) is 19.3 Å². The normalized spacial score (nSPS) is 13.4. The van der Waals surface area contributed by atoms with Gasteiger partial charge in [0.2, 0.25) is 0 Å². The van der Waals surface area contributed by atoms with Gasteiger partial charge in [0.15, 0.2) is 6.10 Å². The van der Waals surface area contributed by atoms with E-state index in [2.05, 4.69) is 9.47 Å². The zero-order valence-electron chi connectivity index (χ0n) is 10.8. The third-order valence-corrected chi connectivity index (χ3v) is 2.32. The van der Waals surface area contributed by atoms with Gasteiger partial charge >= 0.3 is 23.9 Å². The van der Waals surface area contributed by atoms with Crippen molar-refractivity contribution < 1.29 is 44.0 Å². The minimum atomic E-state index is -2.33. The third kappa shape index (κ3) is 5.20. The molecule has 2 unspecified atom stereocenters. The summed E-state index contributed by atoms with van der Waals surface area (Å²) in [6.07, 6.45) is -2.33. The number of carboxylic acids is 2. The number of carbonyl (C=O) groups is 4. The summed E-state index contributed by atoms with van der Waals surface area (Å²) in [6, 6.07) is -2.01. The van der Waals surface area contributed by atoms with Crippen molar-refractivity contribution in [2.75, 3.05) is 27.3 Å². The Hall–Kier alpha value is -2.20. The molecule has 0 aromatic rings. The standard InChI is InChI=1S/C10H15NO9/c1-19-5(12)3-11(4-6(13)20-2)7(9(15)16)8(14)10(17)18/h7-8,14H,3-4H2,1-2H3,(H,15,16)(H,17,18). The van der Waals surface area contributed by atoms with Gasteiger partial charge in [-0.1, -0.05) is 0 Å². The van der Waals surface area contributed by atoms with Crippen molar-refractivity contribution in [1.82, 2.24) is 4.90 Å². The molecule has 0 rings (SSSR count). The molecule has 10 nitrogen and oxygen atoms in total. The highest BCUT2D eigenvalue weighted by Gasteiger charge is 2.39. The summed E-state index contributed by atoms with van der Waals surface area (Å²) in [4.78, 5) is 44.7. The van der Waals surface area contributed by atoms with Crippen LogP contribution in [0.5, 0.6) is 0 Å². The van der Waals surface area contributed by atoms with Crippen LogP contribution in [0, 0.1) is 0 Å². The van der Waals surface area contributed by atoms with E-state index in [1.807, 2.05) is 0 Å². The third-order valence-electron chi connectivity index (χ3n) is 2.32. The maximum Gasteiger partial charge on any atom is 0.334 e. The molecule has 0 radical (unpaired) electrons. The van der Waals surface area contributed by atoms with Crippen molar-refractivity contribution in [2.24, 2.45) is 0 Å². The van der Waals surface area contributed by atoms with E-state index in [9.17, 15) is 24.3 Å². The Labute approximate surface area is 113 Å². The molecule has 0 aliphatic rings. The Morgan fingerprint density at radius 2 is 1.35 bits per heavy atom. The highest BCUT2D eigenvalue weighted by Crippen LogP contribution is 2.07. The van der Waals surface area contributed by atoms with Gasteiger partial charge in [-0.2, -0.15) is 0 Å². The zero-order valence-corrected chi connectivity index (χ0v) is 10.8. The van der Waals surface area contributed by atoms with Crippen molar-refractivity contribution in [3.8, 4) is 0 Å². The van der Waals surface area contributed by atoms with E-state index in [0.717, 1.165) is 14.2 Å². The summed E-state index contributed by atoms with van der Waals surface area (Å²) in [5.41, 5.74) is 0. The average Bonchev–Trinajstić information content (AvgIpc) is 2.37. The van der Waals surface area contributed by atoms with Gasteiger partial charge in [-0.15, -0.1) is 0 Å². The summed E-state index contributed by atoms with van der Waals surface area (Å²) in [6.45, 7) is -1.40. The minimum absolute atomic E-state index is 0.638. The number of esters is 2. The topological polar surface area (TPSA) is 151 Å². The lowest BCUT2D eigenvalue weighted by molar-refractivity contribution is -0.165. The van der Waals surface area contributed by atoms with Crippen molar-refractivity contribution >= 4 is 23.9 Å². The van der Waals surface area contributed by atoms with Gasteiger partial charge in [-0.05, 0) is 0 Å². The van der Waals surface area contributed by atoms with Gasteiger partial charge in [0, 0.05) is 0 Å². The van der Waals surface area contributed by atoms with Crippen LogP contribution < -0.4 is 0 Å². The highest BCUT2D eigenvalue weighted by molar-refractivity contribution is 5.86. The number of carbonyl (C=O) groups excluding carboxylic acids is 2. The van der Waals surface area contributed by atoms with Gasteiger partial charge < -0.3 is 24.8 Å². The Balaban J connectivity index is 5.28. The minimum Gasteiger partial charge on any atom is -0.480 e. The molecular weight excluding hydrogens is 278 g/mol. The second kappa shape index (κ2) is 8.07. The van der Waals surface area contributed by atoms with Crippen LogP contribution in [0.3, 0.4) is 0 Å². The highest BCUT2D eigenvalue weighted by atomic mass is 16.5. The van der Waals surface area contributed by atoms with Crippen LogP contribution in [-0.4, -0.2) is 83.6 Å². The number of methoxy groups -OCH3 is 2. The molecule has 20 heavy (non-hydrogen) atoms. The molecule has 0 spiro atoms. The Morgan fingerprint density at radius 1 is 0.950 bits per heavy atom. The largest absolute Gasteiger partial charge is 0.480 e. The number of aliphatic hydroxyl groups excluding tert-OH is 1. The lowest BCUT2D eigenvalue weighted by Gasteiger charge is -2.28. The fourth-order valence-corrected chi connectivity index (χ4v) is 1.34. The lowest BCUT2D eigenvalue weighted by Crippen LogP contribution is -2.55. The second-order valence-electron chi connectivity index (χ2n) is 3.62. The Morgan fingerprint density at radius 3 is 1.60 bits per heavy atom. The van der Waals surface area contributed by atoms with Gasteiger partial charge in [0.05, 0.1) is 27.3 Å². The van der Waals surface area contributed by atoms with Crippen LogP contribution in [0.25, 0.3) is 0 Å². The van der Waals surface area contributed by atoms with Crippen LogP contribution >= 0.6 is 0 Å². The number of aliphatic hydroxyl groups is 1. The predicted molar refractivity (Wildman–Crippen MR) is 60.7 cm³/mol. The summed E-state index contributed by atoms with van der Waals surface area (Å²) in [7, 11) is 2.06. The molecule has 3 N–H and O–H groups in total. The fourth-order valence-electron chi connectivity index (χ4n) is 1.34. The molecule has 0 amide bonds. The number of aliphatic carboxylic acids is 2. The van der Waals surface area contributed by atoms with Crippen LogP contribution in [-0.2, 0) is 28.7 Å². The second-order valence-corrected chi connectivity index (χ2v) is 3.62. The van der Waals surface area contributed by atoms with Crippen molar-refractivity contribution in [3.05, 3.63) is 0 Å². The molecule has 0 bridgehead atoms. The summed E-state index contributed by atoms with van der Waals surface area (Å²) >= 11 is 0. The number of rotatable bonds is 8. The number of carboxylic acid groups (broad SMARTS) is 2. The Kier molecular flexibility index (Phi) is 7.18. The van der Waals surface area contributed by atoms with E-state index in [1.54, 1.807) is 0 Å². The first-order chi connectivity index (χ1) is 9.24. The van der Waals surface area contributed by atoms with E-state index >= 15 is 0 Å². The predicted octanol–water partition coefficient (Wildman–Crippen LogP) is -2.47. The van der Waals surface area contributed by atoms with Gasteiger partial charge in [0.1, 0.15) is 6.04 Å². The molecule has 0 heterocycles. The van der Waals surface area contributed by atoms with Crippen LogP contribution in [0.1, 0.15) is 0 Å². The Bertz CT molecular complexity index is 376. The maximum absolute atomic E-state index is 11.2. The van der Waals surface area contributed by atoms with Gasteiger partial charge in [0.25, 0.3) is 0 Å². The lowest BCUT2D eigenvalue weighted by atomic mass is 10.1. The first-order valence-corrected chi connectivity index (χ1v) is 5.26. The number of nitrogens with zero attached hydrogens (tertiary/aromatic N) is 1. The van der Waals surface area contributed by atoms with Crippen LogP contribution in [0.2, 0.25) is 0 Å². The molecule has 0 aromatic carbocycles. The first-order valence-electron chi connectivity index (χ1n) is 5.26. The molecule has 0 fully saturated rings. The fraction of sp³-hybridized carbons (Fsp3) is 0.600. The van der Waals surface area contributed by atoms with Crippen LogP contribution in [0.15, 0.2) is 0 Å². The monoisotopic (exact) mass is 293 g/mol. The van der Waals surface area contributed by atoms with E-state index in [-0.39, 0.29) is 0 Å².